The van der Waals surface area contributed by atoms with Crippen LogP contribution in [0.4, 0.5) is 0 Å². The van der Waals surface area contributed by atoms with Gasteiger partial charge in [-0.2, -0.15) is 0 Å². The van der Waals surface area contributed by atoms with Crippen LogP contribution in [0.15, 0.2) is 0 Å². The molecule has 2 atom stereocenters. The predicted molar refractivity (Wildman–Crippen MR) is 45.7 cm³/mol. The first-order valence-corrected chi connectivity index (χ1v) is 4.76. The molecule has 0 saturated heterocycles. The third-order valence-electron chi connectivity index (χ3n) is 3.60. The Hall–Kier alpha value is -0.530. The Morgan fingerprint density at radius 2 is 2.08 bits per heavy atom. The Labute approximate surface area is 73.0 Å². The van der Waals surface area contributed by atoms with Gasteiger partial charge < -0.3 is 5.11 Å². The van der Waals surface area contributed by atoms with Gasteiger partial charge in [-0.15, -0.1) is 0 Å². The van der Waals surface area contributed by atoms with E-state index in [-0.39, 0.29) is 11.3 Å². The average Bonchev–Trinajstić information content (AvgIpc) is 2.75. The third-order valence-corrected chi connectivity index (χ3v) is 3.60. The number of aliphatic carboxylic acids is 1. The molecule has 2 heteroatoms. The third kappa shape index (κ3) is 1.13. The summed E-state index contributed by atoms with van der Waals surface area (Å²) >= 11 is 0. The van der Waals surface area contributed by atoms with Gasteiger partial charge in [0, 0.05) is 0 Å². The van der Waals surface area contributed by atoms with E-state index in [1.165, 1.54) is 12.8 Å². The first kappa shape index (κ1) is 8.09. The van der Waals surface area contributed by atoms with E-state index >= 15 is 0 Å². The zero-order valence-corrected chi connectivity index (χ0v) is 7.71. The Morgan fingerprint density at radius 1 is 1.50 bits per heavy atom. The van der Waals surface area contributed by atoms with E-state index in [1.807, 2.05) is 0 Å². The minimum Gasteiger partial charge on any atom is -0.481 e. The van der Waals surface area contributed by atoms with Crippen LogP contribution >= 0.6 is 0 Å². The molecular formula is C10H16O2. The van der Waals surface area contributed by atoms with Crippen molar-refractivity contribution in [1.82, 2.24) is 0 Å². The summed E-state index contributed by atoms with van der Waals surface area (Å²) < 4.78 is 0. The van der Waals surface area contributed by atoms with Crippen molar-refractivity contribution >= 4 is 5.97 Å². The summed E-state index contributed by atoms with van der Waals surface area (Å²) in [5.41, 5.74) is 0.0778. The van der Waals surface area contributed by atoms with E-state index in [4.69, 9.17) is 5.11 Å². The topological polar surface area (TPSA) is 37.3 Å². The highest BCUT2D eigenvalue weighted by molar-refractivity contribution is 5.75. The molecule has 2 aliphatic carbocycles. The fraction of sp³-hybridized carbons (Fsp3) is 0.900. The highest BCUT2D eigenvalue weighted by Gasteiger charge is 2.62. The van der Waals surface area contributed by atoms with Gasteiger partial charge in [0.25, 0.3) is 0 Å². The lowest BCUT2D eigenvalue weighted by atomic mass is 10.1. The first-order valence-electron chi connectivity index (χ1n) is 4.76. The van der Waals surface area contributed by atoms with Gasteiger partial charge in [-0.05, 0) is 23.7 Å². The van der Waals surface area contributed by atoms with Crippen LogP contribution in [0.3, 0.4) is 0 Å². The second kappa shape index (κ2) is 2.24. The average molecular weight is 168 g/mol. The van der Waals surface area contributed by atoms with Gasteiger partial charge in [-0.1, -0.05) is 26.7 Å². The molecule has 0 spiro atoms. The maximum Gasteiger partial charge on any atom is 0.307 e. The van der Waals surface area contributed by atoms with Gasteiger partial charge in [-0.3, -0.25) is 4.79 Å². The SMILES string of the molecule is CC1(C)[C@H](CC2CC2)[C@H]1C(=O)O. The number of carboxylic acids is 1. The van der Waals surface area contributed by atoms with Crippen molar-refractivity contribution in [2.24, 2.45) is 23.2 Å². The minimum atomic E-state index is -0.592. The molecular weight excluding hydrogens is 152 g/mol. The molecule has 2 saturated carbocycles. The van der Waals surface area contributed by atoms with Gasteiger partial charge in [0.2, 0.25) is 0 Å². The summed E-state index contributed by atoms with van der Waals surface area (Å²) in [7, 11) is 0. The largest absolute Gasteiger partial charge is 0.481 e. The van der Waals surface area contributed by atoms with Crippen LogP contribution < -0.4 is 0 Å². The van der Waals surface area contributed by atoms with E-state index in [2.05, 4.69) is 13.8 Å². The van der Waals surface area contributed by atoms with Crippen molar-refractivity contribution < 1.29 is 9.90 Å². The molecule has 0 bridgehead atoms. The van der Waals surface area contributed by atoms with Crippen molar-refractivity contribution in [1.29, 1.82) is 0 Å². The van der Waals surface area contributed by atoms with Gasteiger partial charge >= 0.3 is 5.97 Å². The fourth-order valence-electron chi connectivity index (χ4n) is 2.39. The summed E-state index contributed by atoms with van der Waals surface area (Å²) in [4.78, 5) is 10.8. The van der Waals surface area contributed by atoms with Crippen molar-refractivity contribution in [3.05, 3.63) is 0 Å². The molecule has 0 radical (unpaired) electrons. The Morgan fingerprint density at radius 3 is 2.42 bits per heavy atom. The Bertz CT molecular complexity index is 216. The molecule has 0 aliphatic heterocycles. The minimum absolute atomic E-state index is 0.0573. The van der Waals surface area contributed by atoms with Crippen LogP contribution in [0.5, 0.6) is 0 Å². The molecule has 2 nitrogen and oxygen atoms in total. The quantitative estimate of drug-likeness (QED) is 0.701. The lowest BCUT2D eigenvalue weighted by Crippen LogP contribution is -2.03. The molecule has 0 unspecified atom stereocenters. The van der Waals surface area contributed by atoms with E-state index in [0.717, 1.165) is 12.3 Å². The van der Waals surface area contributed by atoms with Crippen LogP contribution in [-0.2, 0) is 4.79 Å². The molecule has 68 valence electrons. The second-order valence-corrected chi connectivity index (χ2v) is 4.92. The van der Waals surface area contributed by atoms with Crippen LogP contribution in [0, 0.1) is 23.2 Å². The monoisotopic (exact) mass is 168 g/mol. The zero-order chi connectivity index (χ0) is 8.93. The number of hydrogen-bond donors (Lipinski definition) is 1. The molecule has 0 aromatic rings. The standard InChI is InChI=1S/C10H16O2/c1-10(2)7(5-6-3-4-6)8(10)9(11)12/h6-8H,3-5H2,1-2H3,(H,11,12)/t7-,8+/m1/s1. The van der Waals surface area contributed by atoms with Crippen molar-refractivity contribution in [3.63, 3.8) is 0 Å². The lowest BCUT2D eigenvalue weighted by Gasteiger charge is -1.99. The smallest absolute Gasteiger partial charge is 0.307 e. The summed E-state index contributed by atoms with van der Waals surface area (Å²) in [5.74, 6) is 0.671. The van der Waals surface area contributed by atoms with Crippen LogP contribution in [0.1, 0.15) is 33.1 Å². The zero-order valence-electron chi connectivity index (χ0n) is 7.71. The maximum atomic E-state index is 10.8. The number of carbonyl (C=O) groups is 1. The van der Waals surface area contributed by atoms with E-state index in [9.17, 15) is 4.79 Å². The highest BCUT2D eigenvalue weighted by Crippen LogP contribution is 2.62. The number of hydrogen-bond acceptors (Lipinski definition) is 1. The Balaban J connectivity index is 1.94. The molecule has 2 rings (SSSR count). The molecule has 12 heavy (non-hydrogen) atoms. The fourth-order valence-corrected chi connectivity index (χ4v) is 2.39. The highest BCUT2D eigenvalue weighted by atomic mass is 16.4. The van der Waals surface area contributed by atoms with Crippen molar-refractivity contribution in [2.75, 3.05) is 0 Å². The lowest BCUT2D eigenvalue weighted by molar-refractivity contribution is -0.139. The molecule has 2 aliphatic rings. The summed E-state index contributed by atoms with van der Waals surface area (Å²) in [6, 6.07) is 0. The van der Waals surface area contributed by atoms with Gasteiger partial charge in [0.05, 0.1) is 5.92 Å². The second-order valence-electron chi connectivity index (χ2n) is 4.92. The first-order chi connectivity index (χ1) is 5.53. The summed E-state index contributed by atoms with van der Waals surface area (Å²) in [6.45, 7) is 4.16. The van der Waals surface area contributed by atoms with Crippen molar-refractivity contribution in [2.45, 2.75) is 33.1 Å². The van der Waals surface area contributed by atoms with Gasteiger partial charge in [0.15, 0.2) is 0 Å². The molecule has 2 fully saturated rings. The van der Waals surface area contributed by atoms with Crippen molar-refractivity contribution in [3.8, 4) is 0 Å². The molecule has 1 N–H and O–H groups in total. The predicted octanol–water partition coefficient (Wildman–Crippen LogP) is 2.14. The van der Waals surface area contributed by atoms with Crippen LogP contribution in [-0.4, -0.2) is 11.1 Å². The Kier molecular flexibility index (Phi) is 1.51. The van der Waals surface area contributed by atoms with Gasteiger partial charge in [-0.25, -0.2) is 0 Å². The summed E-state index contributed by atoms with van der Waals surface area (Å²) in [6.07, 6.45) is 3.82. The maximum absolute atomic E-state index is 10.8. The molecule has 0 amide bonds. The van der Waals surface area contributed by atoms with Crippen LogP contribution in [0.25, 0.3) is 0 Å². The molecule has 0 heterocycles. The van der Waals surface area contributed by atoms with Crippen LogP contribution in [0.2, 0.25) is 0 Å². The van der Waals surface area contributed by atoms with E-state index in [1.54, 1.807) is 0 Å². The van der Waals surface area contributed by atoms with Gasteiger partial charge in [0.1, 0.15) is 0 Å². The number of rotatable bonds is 3. The normalized spacial score (nSPS) is 37.8. The molecule has 0 aromatic heterocycles. The molecule has 0 aromatic carbocycles. The van der Waals surface area contributed by atoms with E-state index in [0.29, 0.717) is 5.92 Å². The summed E-state index contributed by atoms with van der Waals surface area (Å²) in [5, 5.41) is 8.89. The number of carboxylic acid groups (broad SMARTS) is 1. The van der Waals surface area contributed by atoms with E-state index < -0.39 is 5.97 Å².